The van der Waals surface area contributed by atoms with Crippen molar-refractivity contribution in [2.45, 2.75) is 12.6 Å². The van der Waals surface area contributed by atoms with Crippen molar-refractivity contribution in [3.8, 4) is 5.81 Å². The van der Waals surface area contributed by atoms with Crippen LogP contribution in [-0.2, 0) is 15.8 Å². The number of nitrogen functional groups attached to an aromatic ring is 1. The van der Waals surface area contributed by atoms with Crippen molar-refractivity contribution in [3.05, 3.63) is 22.7 Å². The molecule has 1 heterocycles. The molecule has 0 fully saturated rings. The van der Waals surface area contributed by atoms with Crippen LogP contribution in [0, 0.1) is 5.81 Å². The van der Waals surface area contributed by atoms with E-state index in [1.165, 1.54) is 12.3 Å². The second-order valence-corrected chi connectivity index (χ2v) is 3.23. The molecule has 1 rings (SSSR count). The van der Waals surface area contributed by atoms with Crippen molar-refractivity contribution in [1.29, 1.82) is 0 Å². The monoisotopic (exact) mass is 245 g/mol. The fourth-order valence-electron chi connectivity index (χ4n) is 1.01. The summed E-state index contributed by atoms with van der Waals surface area (Å²) in [4.78, 5) is 14.7. The molecule has 0 bridgehead atoms. The summed E-state index contributed by atoms with van der Waals surface area (Å²) in [7, 11) is -0.476. The van der Waals surface area contributed by atoms with Gasteiger partial charge in [0.25, 0.3) is 0 Å². The summed E-state index contributed by atoms with van der Waals surface area (Å²) in [6, 6.07) is 1.41. The van der Waals surface area contributed by atoms with Gasteiger partial charge in [-0.05, 0) is 0 Å². The quantitative estimate of drug-likeness (QED) is 0.775. The van der Waals surface area contributed by atoms with E-state index in [1.54, 1.807) is 0 Å². The van der Waals surface area contributed by atoms with Crippen LogP contribution in [0.25, 0.3) is 0 Å². The van der Waals surface area contributed by atoms with E-state index in [0.717, 1.165) is 4.57 Å². The average molecular weight is 245 g/mol. The van der Waals surface area contributed by atoms with Crippen LogP contribution in [0.1, 0.15) is 0 Å². The van der Waals surface area contributed by atoms with Crippen molar-refractivity contribution in [1.82, 2.24) is 9.55 Å². The fraction of sp³-hybridized carbons (Fsp3) is 0.375. The number of ether oxygens (including phenoxy) is 1. The molecule has 6 nitrogen and oxygen atoms in total. The Morgan fingerprint density at radius 3 is 3.06 bits per heavy atom. The molecule has 1 atom stereocenters. The Morgan fingerprint density at radius 2 is 2.50 bits per heavy atom. The van der Waals surface area contributed by atoms with Gasteiger partial charge < -0.3 is 0 Å². The van der Waals surface area contributed by atoms with E-state index in [4.69, 9.17) is 5.73 Å². The van der Waals surface area contributed by atoms with E-state index in [9.17, 15) is 13.8 Å². The first kappa shape index (κ1) is 12.6. The van der Waals surface area contributed by atoms with Crippen LogP contribution in [0.2, 0.25) is 0 Å². The van der Waals surface area contributed by atoms with Crippen LogP contribution in [-0.4, -0.2) is 22.3 Å². The third-order valence-electron chi connectivity index (χ3n) is 1.72. The molecule has 0 aliphatic rings. The van der Waals surface area contributed by atoms with Gasteiger partial charge in [0, 0.05) is 0 Å². The average Bonchev–Trinajstić information content (AvgIpc) is 2.27. The van der Waals surface area contributed by atoms with E-state index in [0.29, 0.717) is 0 Å². The van der Waals surface area contributed by atoms with Gasteiger partial charge in [0.05, 0.1) is 0 Å². The zero-order valence-electron chi connectivity index (χ0n) is 8.17. The number of halogens is 1. The van der Waals surface area contributed by atoms with E-state index in [-0.39, 0.29) is 12.4 Å². The summed E-state index contributed by atoms with van der Waals surface area (Å²) < 4.78 is 28.3. The van der Waals surface area contributed by atoms with Crippen molar-refractivity contribution < 1.29 is 13.7 Å². The SMILES string of the molecule is Nc1ccn(C[C@H](CF)OC#P=O)c(=O)n1. The zero-order chi connectivity index (χ0) is 12.0. The van der Waals surface area contributed by atoms with Crippen LogP contribution in [0.5, 0.6) is 0 Å². The van der Waals surface area contributed by atoms with Crippen molar-refractivity contribution in [2.75, 3.05) is 12.4 Å². The standard InChI is InChI=1S/C8H9FN3O3P/c9-3-6(15-5-16-14)4-12-2-1-7(10)11-8(12)13/h1-2,6H,3-4H2,(H2,10,11,13)/t6-/m0/s1. The van der Waals surface area contributed by atoms with Gasteiger partial charge >= 0.3 is 90.6 Å². The molecule has 86 valence electrons. The molecule has 0 spiro atoms. The summed E-state index contributed by atoms with van der Waals surface area (Å²) >= 11 is 0. The molecule has 0 amide bonds. The third-order valence-corrected chi connectivity index (χ3v) is 1.90. The van der Waals surface area contributed by atoms with Crippen LogP contribution < -0.4 is 11.4 Å². The van der Waals surface area contributed by atoms with E-state index >= 15 is 0 Å². The Labute approximate surface area is 91.4 Å². The van der Waals surface area contributed by atoms with E-state index < -0.39 is 26.4 Å². The molecule has 1 aromatic rings. The van der Waals surface area contributed by atoms with Gasteiger partial charge in [0.1, 0.15) is 0 Å². The molecule has 0 aliphatic carbocycles. The first-order valence-corrected chi connectivity index (χ1v) is 5.10. The predicted octanol–water partition coefficient (Wildman–Crippen LogP) is 0.389. The molecule has 0 saturated carbocycles. The maximum absolute atomic E-state index is 12.4. The molecular formula is C8H9FN3O3P. The normalized spacial score (nSPS) is 11.8. The van der Waals surface area contributed by atoms with Crippen molar-refractivity contribution in [2.24, 2.45) is 0 Å². The van der Waals surface area contributed by atoms with Crippen molar-refractivity contribution in [3.63, 3.8) is 0 Å². The second-order valence-electron chi connectivity index (χ2n) is 2.86. The Hall–Kier alpha value is -1.42. The summed E-state index contributed by atoms with van der Waals surface area (Å²) in [5.74, 6) is 2.06. The Kier molecular flexibility index (Phi) is 4.92. The van der Waals surface area contributed by atoms with Crippen LogP contribution >= 0.6 is 7.92 Å². The molecule has 0 radical (unpaired) electrons. The molecule has 0 unspecified atom stereocenters. The molecule has 0 saturated heterocycles. The molecule has 1 aromatic heterocycles. The summed E-state index contributed by atoms with van der Waals surface area (Å²) in [6.45, 7) is -0.884. The summed E-state index contributed by atoms with van der Waals surface area (Å²) in [5, 5.41) is 0. The molecule has 0 aliphatic heterocycles. The van der Waals surface area contributed by atoms with Gasteiger partial charge in [-0.15, -0.1) is 0 Å². The Morgan fingerprint density at radius 1 is 1.75 bits per heavy atom. The number of aromatic nitrogens is 2. The number of hydrogen-bond acceptors (Lipinski definition) is 5. The number of nitrogens with zero attached hydrogens (tertiary/aromatic N) is 2. The Balaban J connectivity index is 2.80. The molecule has 8 heteroatoms. The van der Waals surface area contributed by atoms with Crippen molar-refractivity contribution >= 4 is 13.7 Å². The van der Waals surface area contributed by atoms with Gasteiger partial charge in [-0.3, -0.25) is 0 Å². The topological polar surface area (TPSA) is 87.2 Å². The summed E-state index contributed by atoms with van der Waals surface area (Å²) in [5.41, 5.74) is 4.69. The molecule has 2 N–H and O–H groups in total. The van der Waals surface area contributed by atoms with Gasteiger partial charge in [0.2, 0.25) is 0 Å². The van der Waals surface area contributed by atoms with Gasteiger partial charge in [-0.2, -0.15) is 0 Å². The number of anilines is 1. The minimum absolute atomic E-state index is 0.0505. The first-order valence-electron chi connectivity index (χ1n) is 4.29. The fourth-order valence-corrected chi connectivity index (χ4v) is 1.21. The molecule has 0 aromatic carbocycles. The minimum atomic E-state index is -0.926. The van der Waals surface area contributed by atoms with Crippen LogP contribution in [0.4, 0.5) is 10.2 Å². The Bertz CT molecular complexity index is 512. The second kappa shape index (κ2) is 6.23. The number of rotatable bonds is 4. The predicted molar refractivity (Wildman–Crippen MR) is 55.3 cm³/mol. The van der Waals surface area contributed by atoms with Gasteiger partial charge in [-0.25, -0.2) is 0 Å². The van der Waals surface area contributed by atoms with E-state index in [1.807, 2.05) is 5.81 Å². The summed E-state index contributed by atoms with van der Waals surface area (Å²) in [6.07, 6.45) is 0.454. The van der Waals surface area contributed by atoms with E-state index in [2.05, 4.69) is 9.72 Å². The third kappa shape index (κ3) is 3.62. The van der Waals surface area contributed by atoms with Crippen LogP contribution in [0.15, 0.2) is 17.1 Å². The first-order chi connectivity index (χ1) is 7.67. The zero-order valence-corrected chi connectivity index (χ0v) is 9.06. The number of nitrogens with two attached hydrogens (primary N) is 1. The number of alkyl halides is 1. The van der Waals surface area contributed by atoms with Crippen LogP contribution in [0.3, 0.4) is 0 Å². The number of hydrogen-bond donors (Lipinski definition) is 1. The van der Waals surface area contributed by atoms with Gasteiger partial charge in [-0.1, -0.05) is 0 Å². The molecule has 16 heavy (non-hydrogen) atoms. The molecular weight excluding hydrogens is 236 g/mol. The maximum atomic E-state index is 12.4. The van der Waals surface area contributed by atoms with Gasteiger partial charge in [0.15, 0.2) is 0 Å².